The molecule has 3 aromatic rings. The summed E-state index contributed by atoms with van der Waals surface area (Å²) in [7, 11) is 3.51. The maximum atomic E-state index is 12.8. The van der Waals surface area contributed by atoms with E-state index in [0.29, 0.717) is 28.9 Å². The molecule has 1 aliphatic rings. The fraction of sp³-hybridized carbons (Fsp3) is 0.143. The Morgan fingerprint density at radius 3 is 2.29 bits per heavy atom. The van der Waals surface area contributed by atoms with E-state index in [1.54, 1.807) is 71.4 Å². The van der Waals surface area contributed by atoms with Crippen LogP contribution in [-0.4, -0.2) is 39.4 Å². The van der Waals surface area contributed by atoms with Gasteiger partial charge in [0.15, 0.2) is 0 Å². The second-order valence-corrected chi connectivity index (χ2v) is 6.65. The highest BCUT2D eigenvalue weighted by Crippen LogP contribution is 2.29. The zero-order valence-electron chi connectivity index (χ0n) is 15.5. The summed E-state index contributed by atoms with van der Waals surface area (Å²) >= 11 is 0. The van der Waals surface area contributed by atoms with Crippen LogP contribution in [0.5, 0.6) is 0 Å². The van der Waals surface area contributed by atoms with E-state index in [1.165, 1.54) is 0 Å². The predicted octanol–water partition coefficient (Wildman–Crippen LogP) is 2.49. The molecule has 0 bridgehead atoms. The third-order valence-electron chi connectivity index (χ3n) is 4.81. The molecular weight excluding hydrogens is 356 g/mol. The van der Waals surface area contributed by atoms with Gasteiger partial charge in [0, 0.05) is 25.9 Å². The third-order valence-corrected chi connectivity index (χ3v) is 4.81. The standard InChI is InChI=1S/C21H18N4O3/c1-23(13-16-10-11-22-24(16)2)19(26)14-6-5-7-15(12-14)25-20(27)17-8-3-4-9-18(17)21(25)28/h3-12H,13H2,1-2H3. The van der Waals surface area contributed by atoms with Crippen molar-refractivity contribution in [3.63, 3.8) is 0 Å². The van der Waals surface area contributed by atoms with Crippen LogP contribution in [0, 0.1) is 0 Å². The van der Waals surface area contributed by atoms with E-state index in [0.717, 1.165) is 10.6 Å². The Morgan fingerprint density at radius 2 is 1.68 bits per heavy atom. The molecule has 2 aromatic carbocycles. The Labute approximate surface area is 161 Å². The summed E-state index contributed by atoms with van der Waals surface area (Å²) in [4.78, 5) is 40.9. The van der Waals surface area contributed by atoms with Crippen LogP contribution in [-0.2, 0) is 13.6 Å². The van der Waals surface area contributed by atoms with E-state index in [9.17, 15) is 14.4 Å². The minimum Gasteiger partial charge on any atom is -0.336 e. The number of imide groups is 1. The number of hydrogen-bond acceptors (Lipinski definition) is 4. The van der Waals surface area contributed by atoms with Crippen molar-refractivity contribution in [1.82, 2.24) is 14.7 Å². The molecule has 0 fully saturated rings. The second-order valence-electron chi connectivity index (χ2n) is 6.65. The number of carbonyl (C=O) groups is 3. The van der Waals surface area contributed by atoms with E-state index in [4.69, 9.17) is 0 Å². The van der Waals surface area contributed by atoms with Crippen molar-refractivity contribution in [2.45, 2.75) is 6.54 Å². The first-order chi connectivity index (χ1) is 13.5. The molecule has 0 saturated carbocycles. The van der Waals surface area contributed by atoms with E-state index < -0.39 is 0 Å². The molecule has 4 rings (SSSR count). The molecule has 0 saturated heterocycles. The Bertz CT molecular complexity index is 1070. The van der Waals surface area contributed by atoms with Crippen LogP contribution in [0.25, 0.3) is 0 Å². The average Bonchev–Trinajstić information content (AvgIpc) is 3.22. The third kappa shape index (κ3) is 2.87. The SMILES string of the molecule is CN(Cc1ccnn1C)C(=O)c1cccc(N2C(=O)c3ccccc3C2=O)c1. The van der Waals surface area contributed by atoms with Gasteiger partial charge < -0.3 is 4.90 Å². The van der Waals surface area contributed by atoms with E-state index in [-0.39, 0.29) is 17.7 Å². The highest BCUT2D eigenvalue weighted by Gasteiger charge is 2.36. The number of carbonyl (C=O) groups excluding carboxylic acids is 3. The first kappa shape index (κ1) is 17.7. The first-order valence-corrected chi connectivity index (χ1v) is 8.77. The Hall–Kier alpha value is -3.74. The zero-order chi connectivity index (χ0) is 19.8. The van der Waals surface area contributed by atoms with Crippen LogP contribution in [0.4, 0.5) is 5.69 Å². The van der Waals surface area contributed by atoms with Crippen LogP contribution < -0.4 is 4.90 Å². The van der Waals surface area contributed by atoms with Gasteiger partial charge in [0.25, 0.3) is 17.7 Å². The quantitative estimate of drug-likeness (QED) is 0.658. The van der Waals surface area contributed by atoms with Gasteiger partial charge in [0.1, 0.15) is 0 Å². The number of rotatable bonds is 4. The number of aryl methyl sites for hydroxylation is 1. The van der Waals surface area contributed by atoms with E-state index in [1.807, 2.05) is 13.1 Å². The average molecular weight is 374 g/mol. The number of benzene rings is 2. The van der Waals surface area contributed by atoms with Crippen LogP contribution >= 0.6 is 0 Å². The summed E-state index contributed by atoms with van der Waals surface area (Å²) in [6.45, 7) is 0.395. The van der Waals surface area contributed by atoms with Crippen LogP contribution in [0.15, 0.2) is 60.8 Å². The normalized spacial score (nSPS) is 13.0. The lowest BCUT2D eigenvalue weighted by atomic mass is 10.1. The van der Waals surface area contributed by atoms with Crippen molar-refractivity contribution >= 4 is 23.4 Å². The lowest BCUT2D eigenvalue weighted by Crippen LogP contribution is -2.30. The summed E-state index contributed by atoms with van der Waals surface area (Å²) in [6, 6.07) is 15.1. The lowest BCUT2D eigenvalue weighted by Gasteiger charge is -2.19. The van der Waals surface area contributed by atoms with Gasteiger partial charge in [0.2, 0.25) is 0 Å². The molecule has 3 amide bonds. The Morgan fingerprint density at radius 1 is 1.00 bits per heavy atom. The predicted molar refractivity (Wildman–Crippen MR) is 103 cm³/mol. The van der Waals surface area contributed by atoms with Crippen molar-refractivity contribution in [3.05, 3.63) is 83.2 Å². The van der Waals surface area contributed by atoms with Crippen molar-refractivity contribution in [1.29, 1.82) is 0 Å². The van der Waals surface area contributed by atoms with Crippen LogP contribution in [0.2, 0.25) is 0 Å². The monoisotopic (exact) mass is 374 g/mol. The molecule has 0 radical (unpaired) electrons. The minimum atomic E-state index is -0.381. The molecule has 7 heteroatoms. The first-order valence-electron chi connectivity index (χ1n) is 8.77. The maximum absolute atomic E-state index is 12.8. The molecular formula is C21H18N4O3. The molecule has 7 nitrogen and oxygen atoms in total. The van der Waals surface area contributed by atoms with Crippen LogP contribution in [0.3, 0.4) is 0 Å². The Balaban J connectivity index is 1.60. The summed E-state index contributed by atoms with van der Waals surface area (Å²) in [5, 5.41) is 4.10. The molecule has 0 N–H and O–H groups in total. The summed E-state index contributed by atoms with van der Waals surface area (Å²) in [5.74, 6) is -0.971. The molecule has 0 atom stereocenters. The fourth-order valence-corrected chi connectivity index (χ4v) is 3.29. The van der Waals surface area contributed by atoms with E-state index in [2.05, 4.69) is 5.10 Å². The van der Waals surface area contributed by atoms with E-state index >= 15 is 0 Å². The second kappa shape index (κ2) is 6.77. The van der Waals surface area contributed by atoms with Gasteiger partial charge in [-0.25, -0.2) is 4.90 Å². The summed E-state index contributed by atoms with van der Waals surface area (Å²) in [5.41, 5.74) is 2.42. The molecule has 0 aliphatic carbocycles. The minimum absolute atomic E-state index is 0.209. The van der Waals surface area contributed by atoms with Gasteiger partial charge in [-0.3, -0.25) is 19.1 Å². The van der Waals surface area contributed by atoms with Gasteiger partial charge in [-0.2, -0.15) is 5.10 Å². The van der Waals surface area contributed by atoms with Gasteiger partial charge in [-0.1, -0.05) is 18.2 Å². The molecule has 28 heavy (non-hydrogen) atoms. The molecule has 140 valence electrons. The van der Waals surface area contributed by atoms with Gasteiger partial charge in [0.05, 0.1) is 29.1 Å². The zero-order valence-corrected chi connectivity index (χ0v) is 15.5. The van der Waals surface area contributed by atoms with Crippen molar-refractivity contribution < 1.29 is 14.4 Å². The summed E-state index contributed by atoms with van der Waals surface area (Å²) in [6.07, 6.45) is 1.68. The molecule has 0 spiro atoms. The Kier molecular flexibility index (Phi) is 4.27. The number of aromatic nitrogens is 2. The number of hydrogen-bond donors (Lipinski definition) is 0. The highest BCUT2D eigenvalue weighted by atomic mass is 16.2. The van der Waals surface area contributed by atoms with Gasteiger partial charge >= 0.3 is 0 Å². The fourth-order valence-electron chi connectivity index (χ4n) is 3.29. The highest BCUT2D eigenvalue weighted by molar-refractivity contribution is 6.34. The van der Waals surface area contributed by atoms with Crippen LogP contribution in [0.1, 0.15) is 36.8 Å². The lowest BCUT2D eigenvalue weighted by molar-refractivity contribution is 0.0780. The van der Waals surface area contributed by atoms with Gasteiger partial charge in [-0.05, 0) is 36.4 Å². The number of fused-ring (bicyclic) bond motifs is 1. The smallest absolute Gasteiger partial charge is 0.266 e. The van der Waals surface area contributed by atoms with Crippen molar-refractivity contribution in [2.24, 2.45) is 7.05 Å². The topological polar surface area (TPSA) is 75.5 Å². The van der Waals surface area contributed by atoms with Crippen molar-refractivity contribution in [3.8, 4) is 0 Å². The molecule has 1 aromatic heterocycles. The molecule has 2 heterocycles. The largest absolute Gasteiger partial charge is 0.336 e. The van der Waals surface area contributed by atoms with Crippen molar-refractivity contribution in [2.75, 3.05) is 11.9 Å². The number of amides is 3. The summed E-state index contributed by atoms with van der Waals surface area (Å²) < 4.78 is 1.71. The number of nitrogens with zero attached hydrogens (tertiary/aromatic N) is 4. The maximum Gasteiger partial charge on any atom is 0.266 e. The molecule has 1 aliphatic heterocycles. The number of anilines is 1. The van der Waals surface area contributed by atoms with Gasteiger partial charge in [-0.15, -0.1) is 0 Å². The molecule has 0 unspecified atom stereocenters.